The molecule has 0 aliphatic carbocycles. The quantitative estimate of drug-likeness (QED) is 0.431. The first-order valence-corrected chi connectivity index (χ1v) is 10.5. The third-order valence-electron chi connectivity index (χ3n) is 4.67. The van der Waals surface area contributed by atoms with E-state index < -0.39 is 0 Å². The van der Waals surface area contributed by atoms with Gasteiger partial charge >= 0.3 is 0 Å². The van der Waals surface area contributed by atoms with Crippen molar-refractivity contribution in [1.29, 1.82) is 0 Å². The molecule has 6 heteroatoms. The fraction of sp³-hybridized carbons (Fsp3) is 0.208. The van der Waals surface area contributed by atoms with E-state index in [1.807, 2.05) is 42.6 Å². The van der Waals surface area contributed by atoms with Gasteiger partial charge in [-0.25, -0.2) is 5.43 Å². The van der Waals surface area contributed by atoms with Crippen LogP contribution in [0.15, 0.2) is 65.1 Å². The van der Waals surface area contributed by atoms with Crippen LogP contribution in [0.1, 0.15) is 57.5 Å². The second-order valence-electron chi connectivity index (χ2n) is 8.03. The molecule has 1 aromatic heterocycles. The zero-order valence-corrected chi connectivity index (χ0v) is 18.3. The predicted octanol–water partition coefficient (Wildman–Crippen LogP) is 5.37. The number of rotatable bonds is 5. The minimum atomic E-state index is -0.309. The molecular weight excluding hydrogens is 394 g/mol. The van der Waals surface area contributed by atoms with Crippen LogP contribution in [0.5, 0.6) is 0 Å². The Bertz CT molecular complexity index is 1060. The Labute approximate surface area is 180 Å². The van der Waals surface area contributed by atoms with E-state index >= 15 is 0 Å². The summed E-state index contributed by atoms with van der Waals surface area (Å²) in [6.07, 6.45) is 1.64. The van der Waals surface area contributed by atoms with Gasteiger partial charge in [0.15, 0.2) is 0 Å². The van der Waals surface area contributed by atoms with Crippen molar-refractivity contribution >= 4 is 35.1 Å². The summed E-state index contributed by atoms with van der Waals surface area (Å²) in [6.45, 7) is 8.39. The lowest BCUT2D eigenvalue weighted by molar-refractivity contribution is 0.0954. The highest BCUT2D eigenvalue weighted by Crippen LogP contribution is 2.22. The fourth-order valence-corrected chi connectivity index (χ4v) is 3.55. The molecule has 0 fully saturated rings. The van der Waals surface area contributed by atoms with Gasteiger partial charge in [0.05, 0.1) is 6.21 Å². The minimum absolute atomic E-state index is 0.0397. The van der Waals surface area contributed by atoms with Crippen LogP contribution in [0.2, 0.25) is 0 Å². The van der Waals surface area contributed by atoms with Gasteiger partial charge in [-0.05, 0) is 71.3 Å². The first-order valence-electron chi connectivity index (χ1n) is 9.63. The van der Waals surface area contributed by atoms with Gasteiger partial charge in [-0.15, -0.1) is 11.3 Å². The number of nitrogens with one attached hydrogen (secondary N) is 2. The molecule has 2 N–H and O–H groups in total. The first kappa shape index (κ1) is 21.5. The Kier molecular flexibility index (Phi) is 6.47. The number of hydrogen-bond donors (Lipinski definition) is 2. The Morgan fingerprint density at radius 1 is 0.900 bits per heavy atom. The summed E-state index contributed by atoms with van der Waals surface area (Å²) < 4.78 is 0. The van der Waals surface area contributed by atoms with Gasteiger partial charge < -0.3 is 5.32 Å². The Balaban J connectivity index is 1.58. The molecule has 0 spiro atoms. The molecule has 1 heterocycles. The largest absolute Gasteiger partial charge is 0.322 e. The summed E-state index contributed by atoms with van der Waals surface area (Å²) in [5.41, 5.74) is 6.51. The Morgan fingerprint density at radius 3 is 2.07 bits per heavy atom. The zero-order chi connectivity index (χ0) is 21.7. The number of carbonyl (C=O) groups excluding carboxylic acids is 2. The lowest BCUT2D eigenvalue weighted by Crippen LogP contribution is -2.18. The maximum Gasteiger partial charge on any atom is 0.271 e. The zero-order valence-electron chi connectivity index (χ0n) is 17.5. The normalized spacial score (nSPS) is 11.5. The highest BCUT2D eigenvalue weighted by atomic mass is 32.1. The van der Waals surface area contributed by atoms with Gasteiger partial charge in [-0.2, -0.15) is 5.10 Å². The standard InChI is InChI=1S/C24H25N3O2S/c1-16-13-14-30-21(16)15-25-27-23(29)18-7-11-20(12-8-18)26-22(28)17-5-9-19(10-6-17)24(2,3)4/h5-15H,1-4H3,(H,26,28)(H,27,29). The van der Waals surface area contributed by atoms with Gasteiger partial charge in [0.25, 0.3) is 11.8 Å². The van der Waals surface area contributed by atoms with Crippen molar-refractivity contribution in [3.8, 4) is 0 Å². The molecule has 0 saturated carbocycles. The summed E-state index contributed by atoms with van der Waals surface area (Å²) in [6, 6.07) is 16.3. The topological polar surface area (TPSA) is 70.6 Å². The van der Waals surface area contributed by atoms with Crippen LogP contribution in [0.3, 0.4) is 0 Å². The number of carbonyl (C=O) groups is 2. The van der Waals surface area contributed by atoms with E-state index in [1.165, 1.54) is 5.56 Å². The van der Waals surface area contributed by atoms with Gasteiger partial charge in [0.1, 0.15) is 0 Å². The summed E-state index contributed by atoms with van der Waals surface area (Å²) in [7, 11) is 0. The molecule has 3 aromatic rings. The SMILES string of the molecule is Cc1ccsc1C=NNC(=O)c1ccc(NC(=O)c2ccc(C(C)(C)C)cc2)cc1. The highest BCUT2D eigenvalue weighted by molar-refractivity contribution is 7.11. The van der Waals surface area contributed by atoms with Crippen LogP contribution in [-0.2, 0) is 5.41 Å². The molecule has 0 unspecified atom stereocenters. The molecule has 2 aromatic carbocycles. The number of aryl methyl sites for hydroxylation is 1. The second-order valence-corrected chi connectivity index (χ2v) is 8.97. The fourth-order valence-electron chi connectivity index (χ4n) is 2.76. The van der Waals surface area contributed by atoms with E-state index in [0.29, 0.717) is 16.8 Å². The first-order chi connectivity index (χ1) is 14.2. The van der Waals surface area contributed by atoms with Crippen molar-refractivity contribution in [3.63, 3.8) is 0 Å². The van der Waals surface area contributed by atoms with E-state index in [9.17, 15) is 9.59 Å². The molecule has 3 rings (SSSR count). The van der Waals surface area contributed by atoms with Crippen molar-refractivity contribution in [2.24, 2.45) is 5.10 Å². The van der Waals surface area contributed by atoms with E-state index in [1.54, 1.807) is 41.8 Å². The molecule has 0 radical (unpaired) electrons. The number of benzene rings is 2. The third kappa shape index (κ3) is 5.42. The Morgan fingerprint density at radius 2 is 1.50 bits per heavy atom. The second kappa shape index (κ2) is 9.05. The van der Waals surface area contributed by atoms with Crippen LogP contribution in [-0.4, -0.2) is 18.0 Å². The van der Waals surface area contributed by atoms with Crippen LogP contribution in [0, 0.1) is 6.92 Å². The lowest BCUT2D eigenvalue weighted by Gasteiger charge is -2.19. The summed E-state index contributed by atoms with van der Waals surface area (Å²) in [4.78, 5) is 25.7. The summed E-state index contributed by atoms with van der Waals surface area (Å²) in [5.74, 6) is -0.500. The van der Waals surface area contributed by atoms with E-state index in [4.69, 9.17) is 0 Å². The number of thiophene rings is 1. The van der Waals surface area contributed by atoms with E-state index in [0.717, 1.165) is 10.4 Å². The van der Waals surface area contributed by atoms with Gasteiger partial charge in [0, 0.05) is 21.7 Å². The molecule has 0 atom stereocenters. The molecule has 0 bridgehead atoms. The number of amides is 2. The molecule has 2 amide bonds. The van der Waals surface area contributed by atoms with Crippen molar-refractivity contribution in [3.05, 3.63) is 87.1 Å². The van der Waals surface area contributed by atoms with Gasteiger partial charge in [0.2, 0.25) is 0 Å². The van der Waals surface area contributed by atoms with Crippen LogP contribution >= 0.6 is 11.3 Å². The van der Waals surface area contributed by atoms with Gasteiger partial charge in [-0.1, -0.05) is 32.9 Å². The van der Waals surface area contributed by atoms with Crippen LogP contribution < -0.4 is 10.7 Å². The number of hydrazone groups is 1. The molecule has 0 saturated heterocycles. The molecule has 30 heavy (non-hydrogen) atoms. The van der Waals surface area contributed by atoms with Crippen LogP contribution in [0.25, 0.3) is 0 Å². The molecule has 154 valence electrons. The smallest absolute Gasteiger partial charge is 0.271 e. The molecular formula is C24H25N3O2S. The lowest BCUT2D eigenvalue weighted by atomic mass is 9.87. The minimum Gasteiger partial charge on any atom is -0.322 e. The summed E-state index contributed by atoms with van der Waals surface area (Å²) in [5, 5.41) is 8.83. The average Bonchev–Trinajstić information content (AvgIpc) is 3.12. The van der Waals surface area contributed by atoms with Crippen LogP contribution in [0.4, 0.5) is 5.69 Å². The van der Waals surface area contributed by atoms with Crippen molar-refractivity contribution in [2.45, 2.75) is 33.1 Å². The predicted molar refractivity (Wildman–Crippen MR) is 124 cm³/mol. The number of hydrogen-bond acceptors (Lipinski definition) is 4. The van der Waals surface area contributed by atoms with Crippen molar-refractivity contribution in [2.75, 3.05) is 5.32 Å². The van der Waals surface area contributed by atoms with Gasteiger partial charge in [-0.3, -0.25) is 9.59 Å². The maximum absolute atomic E-state index is 12.5. The number of nitrogens with zero attached hydrogens (tertiary/aromatic N) is 1. The van der Waals surface area contributed by atoms with Crippen molar-refractivity contribution in [1.82, 2.24) is 5.43 Å². The molecule has 0 aliphatic rings. The monoisotopic (exact) mass is 419 g/mol. The average molecular weight is 420 g/mol. The molecule has 5 nitrogen and oxygen atoms in total. The van der Waals surface area contributed by atoms with Crippen molar-refractivity contribution < 1.29 is 9.59 Å². The van der Waals surface area contributed by atoms with E-state index in [2.05, 4.69) is 36.6 Å². The third-order valence-corrected chi connectivity index (χ3v) is 5.62. The van der Waals surface area contributed by atoms with E-state index in [-0.39, 0.29) is 17.2 Å². The molecule has 0 aliphatic heterocycles. The summed E-state index contributed by atoms with van der Waals surface area (Å²) >= 11 is 1.56. The number of anilines is 1. The maximum atomic E-state index is 12.5. The highest BCUT2D eigenvalue weighted by Gasteiger charge is 2.14. The Hall–Kier alpha value is -3.25.